The number of likely N-dealkylation sites (tertiary alicyclic amines) is 1. The Balaban J connectivity index is 1.70. The number of hydrogen-bond acceptors (Lipinski definition) is 4. The number of aryl methyl sites for hydroxylation is 1. The fourth-order valence-electron chi connectivity index (χ4n) is 4.41. The number of carbonyl (C=O) groups excluding carboxylic acids is 1. The van der Waals surface area contributed by atoms with Crippen molar-refractivity contribution < 1.29 is 19.2 Å². The van der Waals surface area contributed by atoms with Gasteiger partial charge in [0.25, 0.3) is 5.91 Å². The quantitative estimate of drug-likeness (QED) is 0.886. The summed E-state index contributed by atoms with van der Waals surface area (Å²) in [6.45, 7) is 2.38. The predicted molar refractivity (Wildman–Crippen MR) is 95.0 cm³/mol. The number of amides is 1. The summed E-state index contributed by atoms with van der Waals surface area (Å²) in [6, 6.07) is 7.14. The van der Waals surface area contributed by atoms with E-state index in [1.807, 2.05) is 6.07 Å². The fraction of sp³-hybridized carbons (Fsp3) is 0.421. The van der Waals surface area contributed by atoms with Crippen molar-refractivity contribution in [2.24, 2.45) is 11.3 Å². The van der Waals surface area contributed by atoms with Gasteiger partial charge in [0.15, 0.2) is 0 Å². The van der Waals surface area contributed by atoms with Gasteiger partial charge in [0.05, 0.1) is 10.4 Å². The van der Waals surface area contributed by atoms with E-state index in [2.05, 4.69) is 5.16 Å². The molecule has 1 aromatic heterocycles. The number of carboxylic acids is 1. The van der Waals surface area contributed by atoms with Crippen LogP contribution in [-0.2, 0) is 4.79 Å². The number of hydrogen-bond donors (Lipinski definition) is 1. The van der Waals surface area contributed by atoms with E-state index in [-0.39, 0.29) is 18.4 Å². The zero-order valence-corrected chi connectivity index (χ0v) is 15.1. The standard InChI is InChI=1S/C19H19ClN2O4/c1-11-15(16(21-26-11)13-6-2-3-7-14(13)20)17(23)22-9-12-5-4-8-19(12,10-22)18(24)25/h2-3,6-7,12H,4-5,8-10H2,1H3,(H,24,25)/t12-,19+/m0/s1. The Morgan fingerprint density at radius 1 is 1.38 bits per heavy atom. The van der Waals surface area contributed by atoms with Gasteiger partial charge >= 0.3 is 5.97 Å². The van der Waals surface area contributed by atoms with Crippen LogP contribution in [0.1, 0.15) is 35.4 Å². The van der Waals surface area contributed by atoms with Crippen molar-refractivity contribution in [1.82, 2.24) is 10.1 Å². The summed E-state index contributed by atoms with van der Waals surface area (Å²) in [5.41, 5.74) is 0.575. The molecule has 26 heavy (non-hydrogen) atoms. The average molecular weight is 375 g/mol. The zero-order valence-electron chi connectivity index (χ0n) is 14.4. The lowest BCUT2D eigenvalue weighted by molar-refractivity contribution is -0.149. The molecule has 1 amide bonds. The summed E-state index contributed by atoms with van der Waals surface area (Å²) >= 11 is 6.26. The number of aromatic nitrogens is 1. The van der Waals surface area contributed by atoms with E-state index in [0.717, 1.165) is 12.8 Å². The van der Waals surface area contributed by atoms with Crippen LogP contribution < -0.4 is 0 Å². The smallest absolute Gasteiger partial charge is 0.311 e. The number of carbonyl (C=O) groups is 2. The molecule has 0 unspecified atom stereocenters. The monoisotopic (exact) mass is 374 g/mol. The maximum absolute atomic E-state index is 13.2. The summed E-state index contributed by atoms with van der Waals surface area (Å²) in [5, 5.41) is 14.3. The normalized spacial score (nSPS) is 24.7. The number of benzene rings is 1. The van der Waals surface area contributed by atoms with E-state index in [1.165, 1.54) is 0 Å². The number of fused-ring (bicyclic) bond motifs is 1. The van der Waals surface area contributed by atoms with E-state index >= 15 is 0 Å². The molecule has 0 spiro atoms. The van der Waals surface area contributed by atoms with Crippen LogP contribution in [-0.4, -0.2) is 40.1 Å². The number of nitrogens with zero attached hydrogens (tertiary/aromatic N) is 2. The van der Waals surface area contributed by atoms with Crippen molar-refractivity contribution in [3.8, 4) is 11.3 Å². The molecule has 1 aliphatic heterocycles. The Hall–Kier alpha value is -2.34. The summed E-state index contributed by atoms with van der Waals surface area (Å²) in [7, 11) is 0. The second kappa shape index (κ2) is 6.13. The zero-order chi connectivity index (χ0) is 18.5. The van der Waals surface area contributed by atoms with Gasteiger partial charge in [-0.3, -0.25) is 9.59 Å². The number of rotatable bonds is 3. The van der Waals surface area contributed by atoms with Crippen LogP contribution in [0.4, 0.5) is 0 Å². The fourth-order valence-corrected chi connectivity index (χ4v) is 4.64. The molecule has 1 aromatic carbocycles. The maximum atomic E-state index is 13.2. The minimum atomic E-state index is -0.814. The van der Waals surface area contributed by atoms with E-state index in [1.54, 1.807) is 30.0 Å². The second-order valence-electron chi connectivity index (χ2n) is 7.18. The molecule has 2 atom stereocenters. The minimum Gasteiger partial charge on any atom is -0.481 e. The van der Waals surface area contributed by atoms with E-state index in [9.17, 15) is 14.7 Å². The Morgan fingerprint density at radius 3 is 2.85 bits per heavy atom. The molecular formula is C19H19ClN2O4. The molecule has 136 valence electrons. The van der Waals surface area contributed by atoms with Crippen molar-refractivity contribution in [2.75, 3.05) is 13.1 Å². The molecule has 4 rings (SSSR count). The molecule has 7 heteroatoms. The lowest BCUT2D eigenvalue weighted by Crippen LogP contribution is -2.37. The average Bonchev–Trinajstić information content (AvgIpc) is 3.27. The molecule has 2 aliphatic rings. The molecule has 1 aliphatic carbocycles. The highest BCUT2D eigenvalue weighted by molar-refractivity contribution is 6.33. The Labute approximate surface area is 155 Å². The van der Waals surface area contributed by atoms with Crippen LogP contribution in [0.2, 0.25) is 5.02 Å². The van der Waals surface area contributed by atoms with E-state index in [4.69, 9.17) is 16.1 Å². The first-order valence-corrected chi connectivity index (χ1v) is 9.05. The van der Waals surface area contributed by atoms with Gasteiger partial charge in [0, 0.05) is 18.7 Å². The molecule has 6 nitrogen and oxygen atoms in total. The first-order valence-electron chi connectivity index (χ1n) is 8.68. The molecular weight excluding hydrogens is 356 g/mol. The van der Waals surface area contributed by atoms with Gasteiger partial charge in [-0.25, -0.2) is 0 Å². The number of aliphatic carboxylic acids is 1. The van der Waals surface area contributed by atoms with Gasteiger partial charge in [-0.05, 0) is 31.7 Å². The van der Waals surface area contributed by atoms with Gasteiger partial charge < -0.3 is 14.5 Å². The SMILES string of the molecule is Cc1onc(-c2ccccc2Cl)c1C(=O)N1C[C@@H]2CCC[C@@]2(C(=O)O)C1. The third-order valence-electron chi connectivity index (χ3n) is 5.79. The topological polar surface area (TPSA) is 83.6 Å². The van der Waals surface area contributed by atoms with Crippen LogP contribution in [0.3, 0.4) is 0 Å². The molecule has 2 aromatic rings. The molecule has 0 bridgehead atoms. The van der Waals surface area contributed by atoms with Gasteiger partial charge in [-0.15, -0.1) is 0 Å². The van der Waals surface area contributed by atoms with Crippen LogP contribution >= 0.6 is 11.6 Å². The molecule has 0 radical (unpaired) electrons. The number of carboxylic acid groups (broad SMARTS) is 1. The Morgan fingerprint density at radius 2 is 2.15 bits per heavy atom. The van der Waals surface area contributed by atoms with Gasteiger partial charge in [-0.2, -0.15) is 0 Å². The molecule has 2 fully saturated rings. The highest BCUT2D eigenvalue weighted by Gasteiger charge is 2.56. The number of halogens is 1. The van der Waals surface area contributed by atoms with Crippen LogP contribution in [0.25, 0.3) is 11.3 Å². The molecule has 2 heterocycles. The van der Waals surface area contributed by atoms with Gasteiger partial charge in [0.1, 0.15) is 17.0 Å². The van der Waals surface area contributed by atoms with Crippen molar-refractivity contribution in [3.63, 3.8) is 0 Å². The third kappa shape index (κ3) is 2.43. The third-order valence-corrected chi connectivity index (χ3v) is 6.12. The summed E-state index contributed by atoms with van der Waals surface area (Å²) in [4.78, 5) is 26.7. The highest BCUT2D eigenvalue weighted by Crippen LogP contribution is 2.49. The van der Waals surface area contributed by atoms with Crippen molar-refractivity contribution in [3.05, 3.63) is 40.6 Å². The lowest BCUT2D eigenvalue weighted by Gasteiger charge is -2.23. The molecule has 1 N–H and O–H groups in total. The minimum absolute atomic E-state index is 0.00730. The Kier molecular flexibility index (Phi) is 4.03. The molecule has 1 saturated carbocycles. The molecule has 1 saturated heterocycles. The van der Waals surface area contributed by atoms with E-state index < -0.39 is 11.4 Å². The summed E-state index contributed by atoms with van der Waals surface area (Å²) in [6.07, 6.45) is 2.36. The predicted octanol–water partition coefficient (Wildman–Crippen LogP) is 3.63. The second-order valence-corrected chi connectivity index (χ2v) is 7.59. The van der Waals surface area contributed by atoms with Gasteiger partial charge in [0.2, 0.25) is 0 Å². The first-order chi connectivity index (χ1) is 12.4. The lowest BCUT2D eigenvalue weighted by atomic mass is 9.81. The Bertz CT molecular complexity index is 893. The summed E-state index contributed by atoms with van der Waals surface area (Å²) in [5.74, 6) is -0.628. The van der Waals surface area contributed by atoms with Gasteiger partial charge in [-0.1, -0.05) is 41.4 Å². The summed E-state index contributed by atoms with van der Waals surface area (Å²) < 4.78 is 5.28. The largest absolute Gasteiger partial charge is 0.481 e. The van der Waals surface area contributed by atoms with Crippen molar-refractivity contribution in [1.29, 1.82) is 0 Å². The maximum Gasteiger partial charge on any atom is 0.311 e. The van der Waals surface area contributed by atoms with Crippen molar-refractivity contribution in [2.45, 2.75) is 26.2 Å². The van der Waals surface area contributed by atoms with Crippen LogP contribution in [0, 0.1) is 18.3 Å². The van der Waals surface area contributed by atoms with Crippen molar-refractivity contribution >= 4 is 23.5 Å². The van der Waals surface area contributed by atoms with E-state index in [0.29, 0.717) is 40.6 Å². The van der Waals surface area contributed by atoms with Crippen LogP contribution in [0.15, 0.2) is 28.8 Å². The highest BCUT2D eigenvalue weighted by atomic mass is 35.5. The van der Waals surface area contributed by atoms with Crippen LogP contribution in [0.5, 0.6) is 0 Å². The first kappa shape index (κ1) is 17.1.